The normalized spacial score (nSPS) is 24.6. The fraction of sp³-hybridized carbons (Fsp3) is 0.756. The van der Waals surface area contributed by atoms with Crippen LogP contribution in [-0.2, 0) is 44.6 Å². The zero-order valence-corrected chi connectivity index (χ0v) is 44.0. The van der Waals surface area contributed by atoms with E-state index in [-0.39, 0.29) is 6.54 Å². The number of benzene rings is 1. The van der Waals surface area contributed by atoms with Gasteiger partial charge in [0.2, 0.25) is 17.7 Å². The number of hydrogen-bond acceptors (Lipinski definition) is 18. The number of ether oxygens (including phenoxy) is 5. The van der Waals surface area contributed by atoms with Crippen LogP contribution in [0.15, 0.2) is 24.3 Å². The molecule has 490 valence electrons. The third-order valence-electron chi connectivity index (χ3n) is 12.5. The van der Waals surface area contributed by atoms with Crippen molar-refractivity contribution in [3.05, 3.63) is 40.6 Å². The molecule has 85 heavy (non-hydrogen) atoms. The van der Waals surface area contributed by atoms with Crippen LogP contribution in [0.3, 0.4) is 0 Å². The van der Waals surface area contributed by atoms with Gasteiger partial charge in [-0.1, -0.05) is 12.1 Å². The molecule has 0 aromatic heterocycles. The maximum absolute atomic E-state index is 14.7. The molecule has 4 amide bonds. The largest absolute Gasteiger partial charge is 0.623 e. The Labute approximate surface area is 467 Å². The highest BCUT2D eigenvalue weighted by atomic mass is 19.4. The molecule has 0 bridgehead atoms. The number of amides is 4. The molecule has 2 aliphatic heterocycles. The first-order valence-corrected chi connectivity index (χ1v) is 24.3. The number of alkyl carbamates (subject to hydrolysis) is 1. The minimum Gasteiger partial charge on any atom is -0.623 e. The van der Waals surface area contributed by atoms with E-state index in [1.807, 2.05) is 10.6 Å². The maximum atomic E-state index is 14.7. The molecular weight excluding hydrogens is 1220 g/mol. The summed E-state index contributed by atoms with van der Waals surface area (Å²) in [7, 11) is 0. The molecule has 0 spiro atoms. The van der Waals surface area contributed by atoms with E-state index >= 15 is 0 Å². The number of carbonyl (C=O) groups excluding carboxylic acids is 4. The van der Waals surface area contributed by atoms with Crippen molar-refractivity contribution in [2.24, 2.45) is 0 Å². The molecule has 3 rings (SSSR count). The molecular formula is C45H58F17N5O18. The molecule has 2 saturated heterocycles. The molecule has 0 unspecified atom stereocenters. The van der Waals surface area contributed by atoms with Crippen LogP contribution in [0.4, 0.5) is 79.4 Å². The minimum absolute atomic E-state index is 0.0762. The van der Waals surface area contributed by atoms with Crippen molar-refractivity contribution in [1.29, 1.82) is 0 Å². The quantitative estimate of drug-likeness (QED) is 0.0179. The standard InChI is InChI=1S/C45H58F17N5O18/c1-36(2,3)67(80)14-21-6-4-20(5-7-21)12-64-24(70)8-9-25(71)65-13-26(72)66-37(17-81-33-31(77)29(75)27(73)22(15-68)84-33,18-82-34-32(78)30(76)28(74)23(16-69)85-34)19-83-35(79)63-11-10-38(46,47)39(48,49)40(50,51)41(52,53)42(54,55)43(56,57)44(58,59)45(60,61)62/h4-7,14,22-23,27-34,68-69,73-78H,8-13,15-19H2,1-3H3,(H,63,79)(H,64,70)(H,65,71)(H,66,72)/b67-14+/t22-,23-,27+,28+,29+,30+,31-,32-,33-,34-/m1/s1. The summed E-state index contributed by atoms with van der Waals surface area (Å²) in [5.41, 5.74) is -2.50. The minimum atomic E-state index is -8.92. The first-order valence-electron chi connectivity index (χ1n) is 24.3. The van der Waals surface area contributed by atoms with Gasteiger partial charge in [-0.05, 0) is 17.7 Å². The highest BCUT2D eigenvalue weighted by Crippen LogP contribution is 2.64. The molecule has 0 saturated carbocycles. The van der Waals surface area contributed by atoms with Gasteiger partial charge >= 0.3 is 53.7 Å². The fourth-order valence-electron chi connectivity index (χ4n) is 7.23. The van der Waals surface area contributed by atoms with Gasteiger partial charge in [-0.2, -0.15) is 74.6 Å². The molecule has 1 aromatic carbocycles. The number of carbonyl (C=O) groups is 4. The lowest BCUT2D eigenvalue weighted by atomic mass is 9.88. The van der Waals surface area contributed by atoms with Gasteiger partial charge in [-0.3, -0.25) is 14.4 Å². The number of hydroxylamine groups is 1. The zero-order chi connectivity index (χ0) is 65.5. The van der Waals surface area contributed by atoms with E-state index in [9.17, 15) is 140 Å². The molecule has 10 atom stereocenters. The molecule has 2 aliphatic rings. The van der Waals surface area contributed by atoms with E-state index in [1.54, 1.807) is 45.0 Å². The topological polar surface area (TPSA) is 350 Å². The Morgan fingerprint density at radius 3 is 1.42 bits per heavy atom. The number of aliphatic hydroxyl groups excluding tert-OH is 8. The lowest BCUT2D eigenvalue weighted by Crippen LogP contribution is -2.74. The summed E-state index contributed by atoms with van der Waals surface area (Å²) in [5.74, 6) is -62.0. The van der Waals surface area contributed by atoms with Crippen LogP contribution in [0.25, 0.3) is 0 Å². The molecule has 40 heteroatoms. The molecule has 0 radical (unpaired) electrons. The van der Waals surface area contributed by atoms with Crippen molar-refractivity contribution >= 4 is 30.0 Å². The van der Waals surface area contributed by atoms with Gasteiger partial charge in [0.05, 0.1) is 33.0 Å². The van der Waals surface area contributed by atoms with Crippen LogP contribution in [0.1, 0.15) is 51.2 Å². The van der Waals surface area contributed by atoms with Crippen LogP contribution in [0.2, 0.25) is 0 Å². The summed E-state index contributed by atoms with van der Waals surface area (Å²) >= 11 is 0. The lowest BCUT2D eigenvalue weighted by Gasteiger charge is -2.43. The van der Waals surface area contributed by atoms with E-state index in [2.05, 4.69) is 5.32 Å². The van der Waals surface area contributed by atoms with Gasteiger partial charge < -0.3 is 91.0 Å². The van der Waals surface area contributed by atoms with E-state index in [4.69, 9.17) is 23.7 Å². The number of alkyl halides is 17. The van der Waals surface area contributed by atoms with Crippen molar-refractivity contribution in [1.82, 2.24) is 21.3 Å². The first kappa shape index (κ1) is 74.0. The van der Waals surface area contributed by atoms with Crippen LogP contribution >= 0.6 is 0 Å². The van der Waals surface area contributed by atoms with Gasteiger partial charge in [-0.25, -0.2) is 9.53 Å². The Morgan fingerprint density at radius 1 is 0.576 bits per heavy atom. The first-order chi connectivity index (χ1) is 38.6. The second-order valence-corrected chi connectivity index (χ2v) is 20.2. The summed E-state index contributed by atoms with van der Waals surface area (Å²) in [6, 6.07) is 6.30. The monoisotopic (exact) mass is 1280 g/mol. The Kier molecular flexibility index (Phi) is 24.2. The van der Waals surface area contributed by atoms with Crippen molar-refractivity contribution in [3.63, 3.8) is 0 Å². The van der Waals surface area contributed by atoms with Gasteiger partial charge in [-0.15, -0.1) is 0 Å². The fourth-order valence-corrected chi connectivity index (χ4v) is 7.23. The third-order valence-corrected chi connectivity index (χ3v) is 12.5. The third kappa shape index (κ3) is 16.7. The van der Waals surface area contributed by atoms with Gasteiger partial charge in [0.25, 0.3) is 0 Å². The number of halogens is 17. The number of aliphatic hydroxyl groups is 8. The second kappa shape index (κ2) is 27.8. The van der Waals surface area contributed by atoms with Crippen LogP contribution < -0.4 is 21.3 Å². The SMILES string of the molecule is CC(C)(C)/[N+]([O-])=C\c1ccc(CNC(=O)CCC(=O)NCC(=O)NC(COC(=O)NCCC(F)(F)C(F)(F)C(F)(F)C(F)(F)C(F)(F)C(F)(F)C(F)(F)C(F)(F)F)(CO[C@@H]2O[C@H](CO)[C@H](O)[C@H](O)[C@H]2O)CO[C@@H]2O[C@H](CO)[C@H](O)[C@H](O)[C@H]2O)cc1. The van der Waals surface area contributed by atoms with Crippen LogP contribution in [0, 0.1) is 5.21 Å². The Morgan fingerprint density at radius 2 is 1.00 bits per heavy atom. The summed E-state index contributed by atoms with van der Waals surface area (Å²) in [6.45, 7) is -5.31. The van der Waals surface area contributed by atoms with Crippen molar-refractivity contribution in [2.75, 3.05) is 46.1 Å². The average Bonchev–Trinajstić information content (AvgIpc) is 0.987. The summed E-state index contributed by atoms with van der Waals surface area (Å²) in [5, 5.41) is 101. The highest BCUT2D eigenvalue weighted by molar-refractivity contribution is 5.87. The molecule has 12 N–H and O–H groups in total. The zero-order valence-electron chi connectivity index (χ0n) is 44.0. The smallest absolute Gasteiger partial charge is 0.460 e. The van der Waals surface area contributed by atoms with E-state index < -0.39 is 209 Å². The lowest BCUT2D eigenvalue weighted by molar-refractivity contribution is -0.530. The predicted molar refractivity (Wildman–Crippen MR) is 244 cm³/mol. The van der Waals surface area contributed by atoms with E-state index in [0.29, 0.717) is 11.1 Å². The van der Waals surface area contributed by atoms with Crippen molar-refractivity contribution < 1.29 is 163 Å². The van der Waals surface area contributed by atoms with Gasteiger partial charge in [0.15, 0.2) is 24.3 Å². The van der Waals surface area contributed by atoms with Crippen LogP contribution in [0.5, 0.6) is 0 Å². The van der Waals surface area contributed by atoms with Gasteiger partial charge in [0, 0.05) is 58.7 Å². The summed E-state index contributed by atoms with van der Waals surface area (Å²) < 4.78 is 262. The Bertz CT molecular complexity index is 2400. The number of nitrogens with one attached hydrogen (secondary N) is 4. The summed E-state index contributed by atoms with van der Waals surface area (Å²) in [4.78, 5) is 51.9. The number of nitrogens with zero attached hydrogens (tertiary/aromatic N) is 1. The number of hydrogen-bond donors (Lipinski definition) is 12. The van der Waals surface area contributed by atoms with E-state index in [1.165, 1.54) is 6.21 Å². The summed E-state index contributed by atoms with van der Waals surface area (Å²) in [6.07, 6.45) is -34.6. The second-order valence-electron chi connectivity index (χ2n) is 20.2. The van der Waals surface area contributed by atoms with Gasteiger partial charge in [0.1, 0.15) is 61.0 Å². The predicted octanol–water partition coefficient (Wildman–Crippen LogP) is 0.541. The Balaban J connectivity index is 1.90. The highest BCUT2D eigenvalue weighted by Gasteiger charge is 2.95. The van der Waals surface area contributed by atoms with Crippen molar-refractivity contribution in [3.8, 4) is 0 Å². The Hall–Kier alpha value is -5.30. The van der Waals surface area contributed by atoms with E-state index in [0.717, 1.165) is 10.1 Å². The number of rotatable bonds is 28. The molecule has 2 heterocycles. The molecule has 1 aromatic rings. The van der Waals surface area contributed by atoms with Crippen LogP contribution in [-0.4, -0.2) is 242 Å². The maximum Gasteiger partial charge on any atom is 0.460 e. The molecule has 0 aliphatic carbocycles. The van der Waals surface area contributed by atoms with Crippen molar-refractivity contribution in [2.45, 2.75) is 167 Å². The average molecular weight is 1280 g/mol. The molecule has 2 fully saturated rings. The molecule has 23 nitrogen and oxygen atoms in total.